The fraction of sp³-hybridized carbons (Fsp3) is 0.565. The van der Waals surface area contributed by atoms with E-state index < -0.39 is 54.4 Å². The number of carbonyl (C=O) groups excluding carboxylic acids is 4. The second-order valence-electron chi connectivity index (χ2n) is 7.64. The number of rotatable bonds is 8. The lowest BCUT2D eigenvalue weighted by molar-refractivity contribution is -0.254. The number of hydrogen-bond acceptors (Lipinski definition) is 11. The minimum absolute atomic E-state index is 0.314. The van der Waals surface area contributed by atoms with Gasteiger partial charge in [0, 0.05) is 38.8 Å². The zero-order valence-electron chi connectivity index (χ0n) is 20.2. The molecule has 2 rings (SSSR count). The molecule has 0 N–H and O–H groups in total. The Morgan fingerprint density at radius 1 is 0.794 bits per heavy atom. The molecule has 0 amide bonds. The summed E-state index contributed by atoms with van der Waals surface area (Å²) < 4.78 is 38.6. The molecule has 0 saturated carbocycles. The van der Waals surface area contributed by atoms with Crippen LogP contribution in [-0.4, -0.2) is 69.1 Å². The summed E-state index contributed by atoms with van der Waals surface area (Å²) in [6.45, 7) is 6.18. The molecule has 1 saturated heterocycles. The van der Waals surface area contributed by atoms with Crippen molar-refractivity contribution in [2.75, 3.05) is 20.8 Å². The van der Waals surface area contributed by atoms with Gasteiger partial charge in [-0.3, -0.25) is 19.2 Å². The van der Waals surface area contributed by atoms with Gasteiger partial charge in [-0.25, -0.2) is 0 Å². The Morgan fingerprint density at radius 2 is 1.35 bits per heavy atom. The van der Waals surface area contributed by atoms with Gasteiger partial charge in [-0.2, -0.15) is 0 Å². The third-order valence-corrected chi connectivity index (χ3v) is 5.11. The summed E-state index contributed by atoms with van der Waals surface area (Å²) in [4.78, 5) is 47.3. The van der Waals surface area contributed by atoms with Crippen molar-refractivity contribution < 1.29 is 52.3 Å². The molecule has 0 radical (unpaired) electrons. The Balaban J connectivity index is 2.68. The minimum atomic E-state index is -1.27. The van der Waals surface area contributed by atoms with Crippen LogP contribution in [0.2, 0.25) is 0 Å². The van der Waals surface area contributed by atoms with Crippen LogP contribution in [0.1, 0.15) is 44.9 Å². The molecular formula is C23H30O11. The van der Waals surface area contributed by atoms with Crippen molar-refractivity contribution in [3.63, 3.8) is 0 Å². The van der Waals surface area contributed by atoms with Gasteiger partial charge in [0.2, 0.25) is 0 Å². The molecule has 1 fully saturated rings. The van der Waals surface area contributed by atoms with E-state index in [1.165, 1.54) is 35.0 Å². The van der Waals surface area contributed by atoms with Crippen molar-refractivity contribution in [2.45, 2.75) is 65.1 Å². The van der Waals surface area contributed by atoms with Gasteiger partial charge in [-0.05, 0) is 19.1 Å². The Bertz CT molecular complexity index is 926. The van der Waals surface area contributed by atoms with Crippen LogP contribution in [0.3, 0.4) is 0 Å². The molecule has 1 aromatic rings. The summed E-state index contributed by atoms with van der Waals surface area (Å²) in [6, 6.07) is 3.34. The van der Waals surface area contributed by atoms with E-state index in [0.29, 0.717) is 22.6 Å². The van der Waals surface area contributed by atoms with Crippen molar-refractivity contribution in [2.24, 2.45) is 0 Å². The van der Waals surface area contributed by atoms with Crippen molar-refractivity contribution >= 4 is 23.9 Å². The minimum Gasteiger partial charge on any atom is -0.496 e. The zero-order chi connectivity index (χ0) is 25.6. The maximum atomic E-state index is 12.0. The van der Waals surface area contributed by atoms with Crippen LogP contribution < -0.4 is 9.47 Å². The Morgan fingerprint density at radius 3 is 1.85 bits per heavy atom. The molecule has 0 spiro atoms. The molecule has 34 heavy (non-hydrogen) atoms. The predicted molar refractivity (Wildman–Crippen MR) is 115 cm³/mol. The first-order valence-electron chi connectivity index (χ1n) is 10.5. The van der Waals surface area contributed by atoms with E-state index in [-0.39, 0.29) is 6.61 Å². The average molecular weight is 482 g/mol. The van der Waals surface area contributed by atoms with Crippen LogP contribution >= 0.6 is 0 Å². The smallest absolute Gasteiger partial charge is 0.303 e. The van der Waals surface area contributed by atoms with Gasteiger partial charge in [0.1, 0.15) is 30.3 Å². The highest BCUT2D eigenvalue weighted by molar-refractivity contribution is 5.69. The van der Waals surface area contributed by atoms with E-state index in [9.17, 15) is 19.2 Å². The SMILES string of the molecule is COc1ccc([C@@H]2O[C@H](COC(C)=O)[C@@H](OC(C)=O)[C@H](OC(C)=O)[C@H]2OC(C)=O)c(OC)c1C. The molecule has 0 aromatic heterocycles. The van der Waals surface area contributed by atoms with Crippen LogP contribution in [0.5, 0.6) is 11.5 Å². The zero-order valence-corrected chi connectivity index (χ0v) is 20.2. The number of carbonyl (C=O) groups is 4. The molecule has 11 nitrogen and oxygen atoms in total. The van der Waals surface area contributed by atoms with Crippen LogP contribution in [-0.2, 0) is 42.9 Å². The summed E-state index contributed by atoms with van der Waals surface area (Å²) in [6.07, 6.45) is -5.81. The van der Waals surface area contributed by atoms with Crippen molar-refractivity contribution in [3.8, 4) is 11.5 Å². The lowest BCUT2D eigenvalue weighted by Gasteiger charge is -2.44. The average Bonchev–Trinajstić information content (AvgIpc) is 2.74. The van der Waals surface area contributed by atoms with Gasteiger partial charge >= 0.3 is 23.9 Å². The lowest BCUT2D eigenvalue weighted by atomic mass is 9.89. The summed E-state index contributed by atoms with van der Waals surface area (Å²) in [5, 5.41) is 0. The van der Waals surface area contributed by atoms with Crippen molar-refractivity contribution in [1.29, 1.82) is 0 Å². The number of hydrogen-bond donors (Lipinski definition) is 0. The van der Waals surface area contributed by atoms with E-state index >= 15 is 0 Å². The van der Waals surface area contributed by atoms with Gasteiger partial charge in [0.05, 0.1) is 14.2 Å². The maximum absolute atomic E-state index is 12.0. The topological polar surface area (TPSA) is 133 Å². The third-order valence-electron chi connectivity index (χ3n) is 5.11. The quantitative estimate of drug-likeness (QED) is 0.397. The van der Waals surface area contributed by atoms with Gasteiger partial charge in [0.25, 0.3) is 0 Å². The largest absolute Gasteiger partial charge is 0.496 e. The Kier molecular flexibility index (Phi) is 9.25. The van der Waals surface area contributed by atoms with Crippen LogP contribution in [0.15, 0.2) is 12.1 Å². The van der Waals surface area contributed by atoms with E-state index in [0.717, 1.165) is 6.92 Å². The number of ether oxygens (including phenoxy) is 7. The monoisotopic (exact) mass is 482 g/mol. The van der Waals surface area contributed by atoms with E-state index in [1.54, 1.807) is 19.1 Å². The number of methoxy groups -OCH3 is 2. The highest BCUT2D eigenvalue weighted by atomic mass is 16.7. The molecule has 1 aliphatic heterocycles. The highest BCUT2D eigenvalue weighted by Crippen LogP contribution is 2.43. The van der Waals surface area contributed by atoms with E-state index in [1.807, 2.05) is 0 Å². The molecule has 11 heteroatoms. The summed E-state index contributed by atoms with van der Waals surface area (Å²) >= 11 is 0. The molecule has 0 aliphatic carbocycles. The number of esters is 4. The molecular weight excluding hydrogens is 452 g/mol. The van der Waals surface area contributed by atoms with Gasteiger partial charge in [-0.1, -0.05) is 0 Å². The van der Waals surface area contributed by atoms with Gasteiger partial charge in [0.15, 0.2) is 18.3 Å². The van der Waals surface area contributed by atoms with Crippen molar-refractivity contribution in [1.82, 2.24) is 0 Å². The fourth-order valence-corrected chi connectivity index (χ4v) is 3.89. The first-order chi connectivity index (χ1) is 16.0. The molecule has 1 heterocycles. The second-order valence-corrected chi connectivity index (χ2v) is 7.64. The molecule has 0 bridgehead atoms. The summed E-state index contributed by atoms with van der Waals surface area (Å²) in [5.41, 5.74) is 1.11. The Labute approximate surface area is 197 Å². The van der Waals surface area contributed by atoms with Gasteiger partial charge < -0.3 is 33.2 Å². The number of benzene rings is 1. The molecule has 5 atom stereocenters. The summed E-state index contributed by atoms with van der Waals surface area (Å²) in [7, 11) is 2.96. The van der Waals surface area contributed by atoms with E-state index in [2.05, 4.69) is 0 Å². The first-order valence-corrected chi connectivity index (χ1v) is 10.5. The lowest BCUT2D eigenvalue weighted by Crippen LogP contribution is -2.59. The molecule has 1 aromatic carbocycles. The third kappa shape index (κ3) is 6.37. The normalized spacial score (nSPS) is 23.9. The summed E-state index contributed by atoms with van der Waals surface area (Å²) in [5.74, 6) is -1.74. The maximum Gasteiger partial charge on any atom is 0.303 e. The van der Waals surface area contributed by atoms with E-state index in [4.69, 9.17) is 33.2 Å². The molecule has 188 valence electrons. The standard InChI is InChI=1S/C23H30O11/c1-11-17(28-6)9-8-16(19(11)29-7)20-22(32-14(4)26)23(33-15(5)27)21(31-13(3)25)18(34-20)10-30-12(2)24/h8-9,18,20-23H,10H2,1-7H3/t18-,20+,21-,22+,23+/m1/s1. The van der Waals surface area contributed by atoms with Crippen LogP contribution in [0, 0.1) is 6.92 Å². The van der Waals surface area contributed by atoms with Crippen molar-refractivity contribution in [3.05, 3.63) is 23.3 Å². The van der Waals surface area contributed by atoms with Crippen LogP contribution in [0.25, 0.3) is 0 Å². The first kappa shape index (κ1) is 26.9. The predicted octanol–water partition coefficient (Wildman–Crippen LogP) is 1.81. The fourth-order valence-electron chi connectivity index (χ4n) is 3.89. The van der Waals surface area contributed by atoms with Crippen LogP contribution in [0.4, 0.5) is 0 Å². The molecule has 0 unspecified atom stereocenters. The highest BCUT2D eigenvalue weighted by Gasteiger charge is 2.53. The van der Waals surface area contributed by atoms with Gasteiger partial charge in [-0.15, -0.1) is 0 Å². The second kappa shape index (κ2) is 11.7. The Hall–Kier alpha value is -3.34. The molecule has 1 aliphatic rings.